The molecule has 4 heteroatoms. The van der Waals surface area contributed by atoms with Crippen LogP contribution in [0.1, 0.15) is 89.4 Å². The van der Waals surface area contributed by atoms with Gasteiger partial charge in [0.25, 0.3) is 5.91 Å². The predicted molar refractivity (Wildman–Crippen MR) is 90.0 cm³/mol. The standard InChI is InChI=1S/C18H32N2O2/c1-6-9-10-12-18(5,11-7-2)14(4)19-17(21)16-13-15(8-3)22-20-16/h13-14H,6-12H2,1-5H3,(H,19,21). The van der Waals surface area contributed by atoms with Crippen molar-refractivity contribution < 1.29 is 9.32 Å². The maximum absolute atomic E-state index is 12.3. The molecule has 0 saturated heterocycles. The van der Waals surface area contributed by atoms with Gasteiger partial charge in [-0.05, 0) is 25.2 Å². The molecule has 1 amide bonds. The number of aromatic nitrogens is 1. The molecule has 0 aliphatic rings. The highest BCUT2D eigenvalue weighted by Gasteiger charge is 2.31. The fourth-order valence-electron chi connectivity index (χ4n) is 2.94. The monoisotopic (exact) mass is 308 g/mol. The van der Waals surface area contributed by atoms with Gasteiger partial charge in [-0.15, -0.1) is 0 Å². The fourth-order valence-corrected chi connectivity index (χ4v) is 2.94. The van der Waals surface area contributed by atoms with Crippen molar-refractivity contribution in [3.63, 3.8) is 0 Å². The Morgan fingerprint density at radius 2 is 2.00 bits per heavy atom. The van der Waals surface area contributed by atoms with E-state index in [1.165, 1.54) is 19.3 Å². The van der Waals surface area contributed by atoms with E-state index >= 15 is 0 Å². The first kappa shape index (κ1) is 18.7. The zero-order valence-corrected chi connectivity index (χ0v) is 14.9. The van der Waals surface area contributed by atoms with E-state index in [-0.39, 0.29) is 17.4 Å². The predicted octanol–water partition coefficient (Wildman–Crippen LogP) is 4.74. The number of nitrogens with one attached hydrogen (secondary N) is 1. The van der Waals surface area contributed by atoms with Gasteiger partial charge in [-0.25, -0.2) is 0 Å². The summed E-state index contributed by atoms with van der Waals surface area (Å²) in [5.41, 5.74) is 0.521. The molecular weight excluding hydrogens is 276 g/mol. The maximum Gasteiger partial charge on any atom is 0.273 e. The first-order chi connectivity index (χ1) is 10.5. The Morgan fingerprint density at radius 1 is 1.27 bits per heavy atom. The van der Waals surface area contributed by atoms with Gasteiger partial charge in [0.15, 0.2) is 5.69 Å². The normalized spacial score (nSPS) is 15.3. The molecule has 2 atom stereocenters. The van der Waals surface area contributed by atoms with Crippen molar-refractivity contribution in [2.45, 2.75) is 85.6 Å². The van der Waals surface area contributed by atoms with Crippen LogP contribution in [-0.2, 0) is 6.42 Å². The van der Waals surface area contributed by atoms with E-state index in [2.05, 4.69) is 38.2 Å². The summed E-state index contributed by atoms with van der Waals surface area (Å²) < 4.78 is 5.12. The van der Waals surface area contributed by atoms with E-state index in [0.717, 1.165) is 31.4 Å². The van der Waals surface area contributed by atoms with E-state index in [9.17, 15) is 4.79 Å². The average molecular weight is 308 g/mol. The molecule has 1 aromatic rings. The van der Waals surface area contributed by atoms with Gasteiger partial charge in [0.2, 0.25) is 0 Å². The number of nitrogens with zero attached hydrogens (tertiary/aromatic N) is 1. The van der Waals surface area contributed by atoms with Gasteiger partial charge in [-0.1, -0.05) is 58.5 Å². The number of hydrogen-bond donors (Lipinski definition) is 1. The second-order valence-electron chi connectivity index (χ2n) is 6.59. The third-order valence-corrected chi connectivity index (χ3v) is 4.71. The zero-order chi connectivity index (χ0) is 16.6. The minimum absolute atomic E-state index is 0.124. The van der Waals surface area contributed by atoms with Gasteiger partial charge >= 0.3 is 0 Å². The van der Waals surface area contributed by atoms with Gasteiger partial charge in [0.05, 0.1) is 0 Å². The topological polar surface area (TPSA) is 55.1 Å². The fraction of sp³-hybridized carbons (Fsp3) is 0.778. The van der Waals surface area contributed by atoms with E-state index in [1.54, 1.807) is 6.07 Å². The highest BCUT2D eigenvalue weighted by Crippen LogP contribution is 2.34. The molecule has 2 unspecified atom stereocenters. The van der Waals surface area contributed by atoms with Crippen LogP contribution in [0.5, 0.6) is 0 Å². The molecule has 0 spiro atoms. The number of hydrogen-bond acceptors (Lipinski definition) is 3. The Hall–Kier alpha value is -1.32. The Kier molecular flexibility index (Phi) is 7.63. The molecule has 0 aromatic carbocycles. The van der Waals surface area contributed by atoms with Gasteiger partial charge in [0, 0.05) is 18.5 Å². The first-order valence-corrected chi connectivity index (χ1v) is 8.73. The Bertz CT molecular complexity index is 456. The lowest BCUT2D eigenvalue weighted by Crippen LogP contribution is -2.44. The van der Waals surface area contributed by atoms with Crippen LogP contribution in [0, 0.1) is 5.41 Å². The van der Waals surface area contributed by atoms with Gasteiger partial charge < -0.3 is 9.84 Å². The maximum atomic E-state index is 12.3. The largest absolute Gasteiger partial charge is 0.361 e. The van der Waals surface area contributed by atoms with E-state index < -0.39 is 0 Å². The lowest BCUT2D eigenvalue weighted by Gasteiger charge is -2.36. The Labute approximate surface area is 135 Å². The van der Waals surface area contributed by atoms with E-state index in [1.807, 2.05) is 6.92 Å². The summed E-state index contributed by atoms with van der Waals surface area (Å²) in [6.45, 7) is 10.8. The number of amides is 1. The number of aryl methyl sites for hydroxylation is 1. The van der Waals surface area contributed by atoms with Crippen LogP contribution >= 0.6 is 0 Å². The van der Waals surface area contributed by atoms with Crippen molar-refractivity contribution in [2.75, 3.05) is 0 Å². The minimum Gasteiger partial charge on any atom is -0.361 e. The summed E-state index contributed by atoms with van der Waals surface area (Å²) >= 11 is 0. The molecule has 0 bridgehead atoms. The molecule has 1 aromatic heterocycles. The molecule has 0 saturated carbocycles. The van der Waals surface area contributed by atoms with Crippen LogP contribution in [0.15, 0.2) is 10.6 Å². The lowest BCUT2D eigenvalue weighted by atomic mass is 9.75. The summed E-state index contributed by atoms with van der Waals surface area (Å²) in [5, 5.41) is 6.98. The number of carbonyl (C=O) groups excluding carboxylic acids is 1. The third kappa shape index (κ3) is 5.15. The highest BCUT2D eigenvalue weighted by molar-refractivity contribution is 5.92. The number of rotatable bonds is 10. The smallest absolute Gasteiger partial charge is 0.273 e. The SMILES string of the molecule is CCCCCC(C)(CCC)C(C)NC(=O)c1cc(CC)on1. The van der Waals surface area contributed by atoms with E-state index in [0.29, 0.717) is 5.69 Å². The second-order valence-corrected chi connectivity index (χ2v) is 6.59. The molecule has 0 aliphatic carbocycles. The van der Waals surface area contributed by atoms with Crippen molar-refractivity contribution in [1.82, 2.24) is 10.5 Å². The summed E-state index contributed by atoms with van der Waals surface area (Å²) in [6, 6.07) is 1.86. The second kappa shape index (κ2) is 8.96. The molecule has 0 fully saturated rings. The number of unbranched alkanes of at least 4 members (excludes halogenated alkanes) is 2. The molecular formula is C18H32N2O2. The summed E-state index contributed by atoms with van der Waals surface area (Å²) in [7, 11) is 0. The molecule has 0 aliphatic heterocycles. The molecule has 126 valence electrons. The molecule has 22 heavy (non-hydrogen) atoms. The molecule has 1 N–H and O–H groups in total. The number of carbonyl (C=O) groups is 1. The molecule has 4 nitrogen and oxygen atoms in total. The van der Waals surface area contributed by atoms with Crippen molar-refractivity contribution in [1.29, 1.82) is 0 Å². The zero-order valence-electron chi connectivity index (χ0n) is 14.9. The molecule has 0 radical (unpaired) electrons. The minimum atomic E-state index is -0.131. The summed E-state index contributed by atoms with van der Waals surface area (Å²) in [5.74, 6) is 0.617. The van der Waals surface area contributed by atoms with E-state index in [4.69, 9.17) is 4.52 Å². The molecule has 1 heterocycles. The molecule has 1 rings (SSSR count). The van der Waals surface area contributed by atoms with Crippen LogP contribution in [0.25, 0.3) is 0 Å². The van der Waals surface area contributed by atoms with Crippen molar-refractivity contribution in [3.8, 4) is 0 Å². The Morgan fingerprint density at radius 3 is 2.55 bits per heavy atom. The van der Waals surface area contributed by atoms with Crippen LogP contribution in [0.4, 0.5) is 0 Å². The van der Waals surface area contributed by atoms with Crippen LogP contribution in [-0.4, -0.2) is 17.1 Å². The van der Waals surface area contributed by atoms with Crippen molar-refractivity contribution in [3.05, 3.63) is 17.5 Å². The van der Waals surface area contributed by atoms with Gasteiger partial charge in [0.1, 0.15) is 5.76 Å². The average Bonchev–Trinajstić information content (AvgIpc) is 2.96. The van der Waals surface area contributed by atoms with Gasteiger partial charge in [-0.2, -0.15) is 0 Å². The third-order valence-electron chi connectivity index (χ3n) is 4.71. The summed E-state index contributed by atoms with van der Waals surface area (Å²) in [4.78, 5) is 12.3. The van der Waals surface area contributed by atoms with Crippen LogP contribution < -0.4 is 5.32 Å². The quantitative estimate of drug-likeness (QED) is 0.635. The van der Waals surface area contributed by atoms with Gasteiger partial charge in [-0.3, -0.25) is 4.79 Å². The lowest BCUT2D eigenvalue weighted by molar-refractivity contribution is 0.0868. The first-order valence-electron chi connectivity index (χ1n) is 8.73. The Balaban J connectivity index is 2.68. The van der Waals surface area contributed by atoms with Crippen molar-refractivity contribution >= 4 is 5.91 Å². The van der Waals surface area contributed by atoms with Crippen molar-refractivity contribution in [2.24, 2.45) is 5.41 Å². The highest BCUT2D eigenvalue weighted by atomic mass is 16.5. The summed E-state index contributed by atoms with van der Waals surface area (Å²) in [6.07, 6.45) is 7.85. The van der Waals surface area contributed by atoms with Crippen LogP contribution in [0.3, 0.4) is 0 Å². The van der Waals surface area contributed by atoms with Crippen LogP contribution in [0.2, 0.25) is 0 Å².